The molecule has 0 radical (unpaired) electrons. The summed E-state index contributed by atoms with van der Waals surface area (Å²) < 4.78 is 0. The average molecular weight is 188 g/mol. The van der Waals surface area contributed by atoms with Gasteiger partial charge in [0.25, 0.3) is 0 Å². The van der Waals surface area contributed by atoms with Crippen molar-refractivity contribution in [3.63, 3.8) is 0 Å². The monoisotopic (exact) mass is 190 g/mol. The molecular formula is C2H4MoO4. The maximum atomic E-state index is 8.38. The summed E-state index contributed by atoms with van der Waals surface area (Å²) in [4.78, 5) is 0. The Bertz CT molecular complexity index is 11.7. The Labute approximate surface area is 55.7 Å². The third kappa shape index (κ3) is 480. The summed E-state index contributed by atoms with van der Waals surface area (Å²) in [5, 5.41) is 33.5. The maximum absolute atomic E-state index is 8.38. The summed E-state index contributed by atoms with van der Waals surface area (Å²) in [6.45, 7) is -2.50. The quantitative estimate of drug-likeness (QED) is 0.282. The zero-order valence-corrected chi connectivity index (χ0v) is 5.46. The molecule has 0 aromatic carbocycles. The van der Waals surface area contributed by atoms with E-state index in [2.05, 4.69) is 0 Å². The number of hydrogen-bond acceptors (Lipinski definition) is 4. The molecule has 0 saturated heterocycles. The van der Waals surface area contributed by atoms with Gasteiger partial charge in [-0.15, -0.1) is 0 Å². The molecule has 0 aliphatic heterocycles. The van der Waals surface area contributed by atoms with Crippen LogP contribution in [0.25, 0.3) is 0 Å². The topological polar surface area (TPSA) is 92.2 Å². The van der Waals surface area contributed by atoms with E-state index in [0.29, 0.717) is 0 Å². The Hall–Kier alpha value is 0.528. The van der Waals surface area contributed by atoms with Crippen molar-refractivity contribution in [1.82, 2.24) is 0 Å². The minimum Gasteiger partial charge on any atom is -0.868 e. The van der Waals surface area contributed by atoms with Gasteiger partial charge in [0.05, 0.1) is 0 Å². The molecule has 0 aromatic rings. The van der Waals surface area contributed by atoms with Crippen molar-refractivity contribution in [2.24, 2.45) is 0 Å². The van der Waals surface area contributed by atoms with Crippen LogP contribution in [-0.4, -0.2) is 13.6 Å². The summed E-state index contributed by atoms with van der Waals surface area (Å²) in [7, 11) is 0. The first-order valence-corrected chi connectivity index (χ1v) is 1.15. The van der Waals surface area contributed by atoms with Crippen molar-refractivity contribution in [2.75, 3.05) is 13.6 Å². The minimum atomic E-state index is -1.25. The van der Waals surface area contributed by atoms with Crippen molar-refractivity contribution in [3.05, 3.63) is 0 Å². The van der Waals surface area contributed by atoms with Crippen LogP contribution in [-0.2, 0) is 21.1 Å². The van der Waals surface area contributed by atoms with Crippen molar-refractivity contribution < 1.29 is 41.5 Å². The SMILES string of the molecule is [Mo+4].[O-]C[O-].[O-]C[O-]. The third-order valence-electron chi connectivity index (χ3n) is 0. The van der Waals surface area contributed by atoms with Crippen LogP contribution < -0.4 is 20.4 Å². The van der Waals surface area contributed by atoms with Gasteiger partial charge in [-0.25, -0.2) is 13.6 Å². The second-order valence-corrected chi connectivity index (χ2v) is 0.236. The van der Waals surface area contributed by atoms with E-state index < -0.39 is 13.6 Å². The largest absolute Gasteiger partial charge is 4.00 e. The predicted molar refractivity (Wildman–Crippen MR) is 9.73 cm³/mol. The van der Waals surface area contributed by atoms with Crippen LogP contribution >= 0.6 is 0 Å². The second kappa shape index (κ2) is 31.2. The fourth-order valence-electron chi connectivity index (χ4n) is 0. The smallest absolute Gasteiger partial charge is 0.868 e. The number of hydrogen-bond donors (Lipinski definition) is 0. The van der Waals surface area contributed by atoms with Crippen molar-refractivity contribution >= 4 is 0 Å². The van der Waals surface area contributed by atoms with Gasteiger partial charge < -0.3 is 20.4 Å². The van der Waals surface area contributed by atoms with E-state index in [4.69, 9.17) is 20.4 Å². The molecule has 0 fully saturated rings. The first kappa shape index (κ1) is 15.6. The van der Waals surface area contributed by atoms with Gasteiger partial charge >= 0.3 is 21.1 Å². The fourth-order valence-corrected chi connectivity index (χ4v) is 0. The third-order valence-corrected chi connectivity index (χ3v) is 0. The Balaban J connectivity index is -0.0000000400. The van der Waals surface area contributed by atoms with Crippen LogP contribution in [0.2, 0.25) is 0 Å². The van der Waals surface area contributed by atoms with Gasteiger partial charge in [-0.05, 0) is 0 Å². The van der Waals surface area contributed by atoms with E-state index in [9.17, 15) is 0 Å². The van der Waals surface area contributed by atoms with Crippen LogP contribution in [0.3, 0.4) is 0 Å². The molecule has 0 atom stereocenters. The van der Waals surface area contributed by atoms with E-state index in [-0.39, 0.29) is 21.1 Å². The van der Waals surface area contributed by atoms with Crippen molar-refractivity contribution in [3.8, 4) is 0 Å². The van der Waals surface area contributed by atoms with Gasteiger partial charge in [-0.2, -0.15) is 0 Å². The van der Waals surface area contributed by atoms with Gasteiger partial charge in [0, 0.05) is 0 Å². The Morgan fingerprint density at radius 1 is 0.714 bits per heavy atom. The molecule has 7 heavy (non-hydrogen) atoms. The van der Waals surface area contributed by atoms with Crippen LogP contribution in [0.4, 0.5) is 0 Å². The molecule has 0 heterocycles. The molecule has 0 unspecified atom stereocenters. The minimum absolute atomic E-state index is 0. The molecule has 0 aliphatic carbocycles. The van der Waals surface area contributed by atoms with Crippen molar-refractivity contribution in [2.45, 2.75) is 0 Å². The van der Waals surface area contributed by atoms with Crippen molar-refractivity contribution in [1.29, 1.82) is 0 Å². The van der Waals surface area contributed by atoms with E-state index in [0.717, 1.165) is 0 Å². The van der Waals surface area contributed by atoms with Crippen LogP contribution in [0.1, 0.15) is 0 Å². The summed E-state index contributed by atoms with van der Waals surface area (Å²) in [5.41, 5.74) is 0. The van der Waals surface area contributed by atoms with E-state index in [1.165, 1.54) is 0 Å². The van der Waals surface area contributed by atoms with E-state index in [1.807, 2.05) is 0 Å². The van der Waals surface area contributed by atoms with E-state index in [1.54, 1.807) is 0 Å². The van der Waals surface area contributed by atoms with Gasteiger partial charge in [0.2, 0.25) is 0 Å². The normalized spacial score (nSPS) is 5.14. The molecule has 0 aliphatic rings. The Kier molecular flexibility index (Phi) is 69.8. The maximum Gasteiger partial charge on any atom is 4.00 e. The Morgan fingerprint density at radius 3 is 0.714 bits per heavy atom. The summed E-state index contributed by atoms with van der Waals surface area (Å²) in [6.07, 6.45) is 0. The summed E-state index contributed by atoms with van der Waals surface area (Å²) >= 11 is 0. The standard InChI is InChI=1S/2CH2O2.Mo/c2*2-1-3;/h2*1H2;/q2*-2;+4. The first-order chi connectivity index (χ1) is 2.83. The molecule has 5 heteroatoms. The van der Waals surface area contributed by atoms with Crippen LogP contribution in [0.5, 0.6) is 0 Å². The molecule has 0 amide bonds. The number of rotatable bonds is 0. The summed E-state index contributed by atoms with van der Waals surface area (Å²) in [5.74, 6) is 0. The van der Waals surface area contributed by atoms with Gasteiger partial charge in [0.1, 0.15) is 0 Å². The van der Waals surface area contributed by atoms with Gasteiger partial charge in [-0.1, -0.05) is 0 Å². The van der Waals surface area contributed by atoms with Crippen LogP contribution in [0, 0.1) is 0 Å². The molecule has 0 N–H and O–H groups in total. The molecule has 0 bridgehead atoms. The van der Waals surface area contributed by atoms with Crippen LogP contribution in [0.15, 0.2) is 0 Å². The average Bonchev–Trinajstić information content (AvgIpc) is 1.39. The molecule has 0 aromatic heterocycles. The molecule has 0 rings (SSSR count). The first-order valence-electron chi connectivity index (χ1n) is 1.15. The molecule has 4 nitrogen and oxygen atoms in total. The summed E-state index contributed by atoms with van der Waals surface area (Å²) in [6, 6.07) is 0. The second-order valence-electron chi connectivity index (χ2n) is 0.236. The molecule has 42 valence electrons. The molecular weight excluding hydrogens is 184 g/mol. The zero-order valence-electron chi connectivity index (χ0n) is 3.46. The zero-order chi connectivity index (χ0) is 5.41. The van der Waals surface area contributed by atoms with Gasteiger partial charge in [0.15, 0.2) is 0 Å². The molecule has 0 spiro atoms. The van der Waals surface area contributed by atoms with Gasteiger partial charge in [-0.3, -0.25) is 0 Å². The fraction of sp³-hybridized carbons (Fsp3) is 1.00. The molecule has 0 saturated carbocycles. The van der Waals surface area contributed by atoms with E-state index >= 15 is 0 Å². The Morgan fingerprint density at radius 2 is 0.714 bits per heavy atom. The predicted octanol–water partition coefficient (Wildman–Crippen LogP) is -4.67.